The highest BCUT2D eigenvalue weighted by atomic mass is 19.1. The zero-order valence-corrected chi connectivity index (χ0v) is 20.7. The summed E-state index contributed by atoms with van der Waals surface area (Å²) in [7, 11) is 8.84. The topological polar surface area (TPSA) is 97.6 Å². The fourth-order valence-corrected chi connectivity index (χ4v) is 3.39. The number of amides is 1. The Kier molecular flexibility index (Phi) is 10.1. The average Bonchev–Trinajstić information content (AvgIpc) is 2.82. The molecule has 9 heteroatoms. The van der Waals surface area contributed by atoms with Gasteiger partial charge in [0.2, 0.25) is 0 Å². The van der Waals surface area contributed by atoms with Crippen molar-refractivity contribution in [1.82, 2.24) is 9.80 Å². The first-order chi connectivity index (χ1) is 16.7. The molecule has 0 heterocycles. The van der Waals surface area contributed by atoms with Crippen LogP contribution in [0.25, 0.3) is 0 Å². The number of benzene rings is 2. The molecule has 0 atom stereocenters. The van der Waals surface area contributed by atoms with Crippen molar-refractivity contribution in [2.45, 2.75) is 19.5 Å². The van der Waals surface area contributed by atoms with Gasteiger partial charge < -0.3 is 20.2 Å². The highest BCUT2D eigenvalue weighted by Crippen LogP contribution is 2.17. The monoisotopic (exact) mass is 481 g/mol. The maximum absolute atomic E-state index is 12.6. The SMILES string of the molecule is CN=C(/C(CC(=O)O)=C(\N=CCc1ccc(NC(=O)c2ccc(CF)cc2)cc1)N(C)C)N(C)C. The van der Waals surface area contributed by atoms with Crippen LogP contribution < -0.4 is 5.32 Å². The first-order valence-electron chi connectivity index (χ1n) is 11.0. The molecule has 0 radical (unpaired) electrons. The molecule has 0 aliphatic heterocycles. The maximum Gasteiger partial charge on any atom is 0.308 e. The molecule has 2 aromatic rings. The molecule has 0 fully saturated rings. The van der Waals surface area contributed by atoms with Gasteiger partial charge in [0.15, 0.2) is 0 Å². The number of amidine groups is 1. The predicted molar refractivity (Wildman–Crippen MR) is 138 cm³/mol. The van der Waals surface area contributed by atoms with Crippen molar-refractivity contribution in [1.29, 1.82) is 0 Å². The fourth-order valence-electron chi connectivity index (χ4n) is 3.39. The molecule has 1 amide bonds. The first kappa shape index (κ1) is 27.2. The van der Waals surface area contributed by atoms with E-state index in [2.05, 4.69) is 15.3 Å². The minimum absolute atomic E-state index is 0.208. The lowest BCUT2D eigenvalue weighted by molar-refractivity contribution is -0.136. The summed E-state index contributed by atoms with van der Waals surface area (Å²) in [6.07, 6.45) is 2.03. The lowest BCUT2D eigenvalue weighted by Crippen LogP contribution is -2.28. The van der Waals surface area contributed by atoms with E-state index < -0.39 is 12.6 Å². The van der Waals surface area contributed by atoms with Crippen LogP contribution in [0.2, 0.25) is 0 Å². The molecule has 2 aromatic carbocycles. The van der Waals surface area contributed by atoms with Gasteiger partial charge in [-0.3, -0.25) is 14.6 Å². The second-order valence-electron chi connectivity index (χ2n) is 8.21. The van der Waals surface area contributed by atoms with Gasteiger partial charge in [-0.1, -0.05) is 24.3 Å². The van der Waals surface area contributed by atoms with Crippen LogP contribution in [0.3, 0.4) is 0 Å². The number of carbonyl (C=O) groups is 2. The van der Waals surface area contributed by atoms with Gasteiger partial charge in [0.05, 0.1) is 6.42 Å². The summed E-state index contributed by atoms with van der Waals surface area (Å²) < 4.78 is 12.6. The molecule has 0 spiro atoms. The Labute approximate surface area is 205 Å². The summed E-state index contributed by atoms with van der Waals surface area (Å²) in [5, 5.41) is 12.2. The molecular formula is C26H32FN5O3. The zero-order chi connectivity index (χ0) is 26.0. The van der Waals surface area contributed by atoms with Crippen LogP contribution in [0.1, 0.15) is 27.9 Å². The van der Waals surface area contributed by atoms with E-state index in [-0.39, 0.29) is 12.3 Å². The minimum Gasteiger partial charge on any atom is -0.481 e. The molecular weight excluding hydrogens is 449 g/mol. The van der Waals surface area contributed by atoms with Gasteiger partial charge in [0, 0.05) is 64.7 Å². The van der Waals surface area contributed by atoms with Crippen molar-refractivity contribution in [3.05, 3.63) is 76.6 Å². The smallest absolute Gasteiger partial charge is 0.308 e. The Balaban J connectivity index is 2.14. The third-order valence-electron chi connectivity index (χ3n) is 5.05. The molecule has 0 bridgehead atoms. The van der Waals surface area contributed by atoms with Gasteiger partial charge in [-0.2, -0.15) is 0 Å². The summed E-state index contributed by atoms with van der Waals surface area (Å²) in [4.78, 5) is 36.2. The van der Waals surface area contributed by atoms with E-state index in [1.54, 1.807) is 87.7 Å². The average molecular weight is 482 g/mol. The highest BCUT2D eigenvalue weighted by Gasteiger charge is 2.19. The number of anilines is 1. The van der Waals surface area contributed by atoms with Crippen LogP contribution in [0.5, 0.6) is 0 Å². The second kappa shape index (κ2) is 13.0. The van der Waals surface area contributed by atoms with E-state index in [1.165, 1.54) is 0 Å². The number of carbonyl (C=O) groups excluding carboxylic acids is 1. The molecule has 186 valence electrons. The number of carboxylic acids is 1. The van der Waals surface area contributed by atoms with Gasteiger partial charge in [0.25, 0.3) is 5.91 Å². The Morgan fingerprint density at radius 2 is 1.57 bits per heavy atom. The number of hydrogen-bond donors (Lipinski definition) is 2. The van der Waals surface area contributed by atoms with E-state index >= 15 is 0 Å². The van der Waals surface area contributed by atoms with Crippen molar-refractivity contribution >= 4 is 29.6 Å². The number of halogens is 1. The maximum atomic E-state index is 12.6. The van der Waals surface area contributed by atoms with Crippen molar-refractivity contribution in [3.8, 4) is 0 Å². The molecule has 0 saturated carbocycles. The number of likely N-dealkylation sites (N-methyl/N-ethyl adjacent to an activating group) is 1. The number of aliphatic imine (C=N–C) groups is 2. The van der Waals surface area contributed by atoms with Crippen LogP contribution in [-0.4, -0.2) is 74.1 Å². The Bertz CT molecular complexity index is 1100. The number of hydrogen-bond acceptors (Lipinski definition) is 5. The third-order valence-corrected chi connectivity index (χ3v) is 5.05. The van der Waals surface area contributed by atoms with Crippen molar-refractivity contribution in [2.75, 3.05) is 40.6 Å². The molecule has 0 aliphatic carbocycles. The fraction of sp³-hybridized carbons (Fsp3) is 0.308. The van der Waals surface area contributed by atoms with Crippen LogP contribution in [0, 0.1) is 0 Å². The molecule has 8 nitrogen and oxygen atoms in total. The second-order valence-corrected chi connectivity index (χ2v) is 8.21. The number of alkyl halides is 1. The summed E-state index contributed by atoms with van der Waals surface area (Å²) in [5.41, 5.74) is 3.09. The lowest BCUT2D eigenvalue weighted by atomic mass is 10.1. The summed E-state index contributed by atoms with van der Waals surface area (Å²) in [6, 6.07) is 13.7. The molecule has 0 aromatic heterocycles. The lowest BCUT2D eigenvalue weighted by Gasteiger charge is -2.23. The molecule has 2 rings (SSSR count). The largest absolute Gasteiger partial charge is 0.481 e. The number of carboxylic acid groups (broad SMARTS) is 1. The third kappa shape index (κ3) is 8.06. The van der Waals surface area contributed by atoms with Gasteiger partial charge in [-0.25, -0.2) is 9.38 Å². The molecule has 2 N–H and O–H groups in total. The van der Waals surface area contributed by atoms with E-state index in [1.807, 2.05) is 12.1 Å². The van der Waals surface area contributed by atoms with E-state index in [0.29, 0.717) is 40.5 Å². The summed E-state index contributed by atoms with van der Waals surface area (Å²) in [5.74, 6) is -0.170. The van der Waals surface area contributed by atoms with E-state index in [4.69, 9.17) is 0 Å². The number of nitrogens with one attached hydrogen (secondary N) is 1. The number of aliphatic carboxylic acids is 1. The van der Waals surface area contributed by atoms with Gasteiger partial charge in [-0.15, -0.1) is 0 Å². The first-order valence-corrected chi connectivity index (χ1v) is 11.0. The van der Waals surface area contributed by atoms with E-state index in [0.717, 1.165) is 5.56 Å². The molecule has 0 unspecified atom stereocenters. The normalized spacial score (nSPS) is 12.3. The van der Waals surface area contributed by atoms with Crippen LogP contribution in [0.15, 0.2) is 69.9 Å². The Morgan fingerprint density at radius 1 is 0.971 bits per heavy atom. The highest BCUT2D eigenvalue weighted by molar-refractivity contribution is 6.04. The molecule has 0 aliphatic rings. The minimum atomic E-state index is -0.964. The van der Waals surface area contributed by atoms with Crippen LogP contribution in [-0.2, 0) is 17.9 Å². The standard InChI is InChI=1S/C26H32FN5O3/c1-28-24(31(2)3)22(16-23(33)34)25(32(4)5)29-15-14-18-8-12-21(13-9-18)30-26(35)20-10-6-19(17-27)7-11-20/h6-13,15H,14,16-17H2,1-5H3,(H,30,35)(H,33,34)/b25-22+,28-24?,29-15?. The number of rotatable bonds is 10. The van der Waals surface area contributed by atoms with E-state index in [9.17, 15) is 19.1 Å². The Hall–Kier alpha value is -4.01. The summed E-state index contributed by atoms with van der Waals surface area (Å²) >= 11 is 0. The quantitative estimate of drug-likeness (QED) is 0.397. The molecule has 35 heavy (non-hydrogen) atoms. The predicted octanol–water partition coefficient (Wildman–Crippen LogP) is 3.86. The van der Waals surface area contributed by atoms with Crippen molar-refractivity contribution in [3.63, 3.8) is 0 Å². The van der Waals surface area contributed by atoms with Crippen molar-refractivity contribution < 1.29 is 19.1 Å². The van der Waals surface area contributed by atoms with Gasteiger partial charge in [0.1, 0.15) is 18.3 Å². The van der Waals surface area contributed by atoms with Gasteiger partial charge >= 0.3 is 5.97 Å². The summed E-state index contributed by atoms with van der Waals surface area (Å²) in [6.45, 7) is -0.567. The van der Waals surface area contributed by atoms with Crippen LogP contribution >= 0.6 is 0 Å². The van der Waals surface area contributed by atoms with Crippen LogP contribution in [0.4, 0.5) is 10.1 Å². The van der Waals surface area contributed by atoms with Gasteiger partial charge in [-0.05, 0) is 35.4 Å². The Morgan fingerprint density at radius 3 is 2.06 bits per heavy atom. The van der Waals surface area contributed by atoms with Crippen molar-refractivity contribution in [2.24, 2.45) is 9.98 Å². The molecule has 0 saturated heterocycles. The number of nitrogens with zero attached hydrogens (tertiary/aromatic N) is 4. The zero-order valence-electron chi connectivity index (χ0n) is 20.7.